The smallest absolute Gasteiger partial charge is 0.277 e. The Kier molecular flexibility index (Phi) is 2.87. The van der Waals surface area contributed by atoms with Crippen LogP contribution in [0.3, 0.4) is 0 Å². The van der Waals surface area contributed by atoms with Crippen molar-refractivity contribution in [2.24, 2.45) is 0 Å². The fraction of sp³-hybridized carbons (Fsp3) is 0.100. The summed E-state index contributed by atoms with van der Waals surface area (Å²) in [7, 11) is -3.61. The molecule has 0 aliphatic carbocycles. The standard InChI is InChI=1S/C10H9N3O4S/c1-18(16,17)12-10-7-4-2-3-5-8(7)11-6-9(10)13(14)15/h2-6H,1H3,(H,11,12). The van der Waals surface area contributed by atoms with E-state index in [-0.39, 0.29) is 11.4 Å². The molecule has 0 aliphatic rings. The fourth-order valence-corrected chi connectivity index (χ4v) is 2.15. The molecular weight excluding hydrogens is 258 g/mol. The largest absolute Gasteiger partial charge is 0.312 e. The van der Waals surface area contributed by atoms with E-state index in [1.165, 1.54) is 0 Å². The molecule has 94 valence electrons. The fourth-order valence-electron chi connectivity index (χ4n) is 1.56. The summed E-state index contributed by atoms with van der Waals surface area (Å²) in [4.78, 5) is 14.1. The van der Waals surface area contributed by atoms with Crippen molar-refractivity contribution in [3.05, 3.63) is 40.6 Å². The molecular formula is C10H9N3O4S. The zero-order chi connectivity index (χ0) is 13.3. The summed E-state index contributed by atoms with van der Waals surface area (Å²) in [6.07, 6.45) is 1.97. The van der Waals surface area contributed by atoms with Crippen molar-refractivity contribution in [1.29, 1.82) is 0 Å². The first-order valence-electron chi connectivity index (χ1n) is 4.88. The Labute approximate surface area is 103 Å². The highest BCUT2D eigenvalue weighted by molar-refractivity contribution is 7.92. The number of aromatic nitrogens is 1. The van der Waals surface area contributed by atoms with Gasteiger partial charge in [-0.3, -0.25) is 14.8 Å². The minimum atomic E-state index is -3.61. The van der Waals surface area contributed by atoms with Crippen LogP contribution in [0.1, 0.15) is 0 Å². The minimum Gasteiger partial charge on any atom is -0.277 e. The van der Waals surface area contributed by atoms with Gasteiger partial charge in [-0.1, -0.05) is 18.2 Å². The first-order valence-corrected chi connectivity index (χ1v) is 6.77. The number of benzene rings is 1. The van der Waals surface area contributed by atoms with Crippen LogP contribution >= 0.6 is 0 Å². The predicted molar refractivity (Wildman–Crippen MR) is 66.9 cm³/mol. The van der Waals surface area contributed by atoms with Crippen molar-refractivity contribution in [3.8, 4) is 0 Å². The van der Waals surface area contributed by atoms with Gasteiger partial charge in [-0.05, 0) is 6.07 Å². The van der Waals surface area contributed by atoms with Gasteiger partial charge in [0.2, 0.25) is 10.0 Å². The van der Waals surface area contributed by atoms with Gasteiger partial charge in [-0.25, -0.2) is 13.4 Å². The average Bonchev–Trinajstić information content (AvgIpc) is 2.27. The van der Waals surface area contributed by atoms with Crippen LogP contribution in [0.4, 0.5) is 11.4 Å². The summed E-state index contributed by atoms with van der Waals surface area (Å²) < 4.78 is 24.7. The number of fused-ring (bicyclic) bond motifs is 1. The molecule has 0 saturated carbocycles. The number of nitro groups is 1. The van der Waals surface area contributed by atoms with Crippen LogP contribution < -0.4 is 4.72 Å². The van der Waals surface area contributed by atoms with Crippen molar-refractivity contribution in [2.75, 3.05) is 11.0 Å². The minimum absolute atomic E-state index is 0.0619. The van der Waals surface area contributed by atoms with Gasteiger partial charge < -0.3 is 0 Å². The quantitative estimate of drug-likeness (QED) is 0.670. The molecule has 0 aliphatic heterocycles. The van der Waals surface area contributed by atoms with Crippen LogP contribution in [0.25, 0.3) is 10.9 Å². The monoisotopic (exact) mass is 267 g/mol. The van der Waals surface area contributed by atoms with E-state index in [0.29, 0.717) is 10.9 Å². The summed E-state index contributed by atoms with van der Waals surface area (Å²) in [5.41, 5.74) is 0.0430. The Morgan fingerprint density at radius 1 is 1.33 bits per heavy atom. The lowest BCUT2D eigenvalue weighted by molar-refractivity contribution is -0.384. The number of rotatable bonds is 3. The third kappa shape index (κ3) is 2.38. The van der Waals surface area contributed by atoms with E-state index >= 15 is 0 Å². The SMILES string of the molecule is CS(=O)(=O)Nc1c([N+](=O)[O-])cnc2ccccc12. The molecule has 0 radical (unpaired) electrons. The highest BCUT2D eigenvalue weighted by Gasteiger charge is 2.20. The second kappa shape index (κ2) is 4.22. The summed E-state index contributed by atoms with van der Waals surface area (Å²) >= 11 is 0. The molecule has 0 unspecified atom stereocenters. The third-order valence-electron chi connectivity index (χ3n) is 2.24. The number of hydrogen-bond donors (Lipinski definition) is 1. The van der Waals surface area contributed by atoms with Gasteiger partial charge in [0, 0.05) is 5.39 Å². The Bertz CT molecular complexity index is 727. The Morgan fingerprint density at radius 3 is 2.61 bits per heavy atom. The number of nitrogens with one attached hydrogen (secondary N) is 1. The summed E-state index contributed by atoms with van der Waals surface area (Å²) in [5.74, 6) is 0. The van der Waals surface area contributed by atoms with Gasteiger partial charge in [-0.15, -0.1) is 0 Å². The van der Waals surface area contributed by atoms with Crippen molar-refractivity contribution < 1.29 is 13.3 Å². The molecule has 0 bridgehead atoms. The number of sulfonamides is 1. The van der Waals surface area contributed by atoms with Crippen molar-refractivity contribution >= 4 is 32.3 Å². The Balaban J connectivity index is 2.78. The van der Waals surface area contributed by atoms with Crippen LogP contribution in [0.5, 0.6) is 0 Å². The highest BCUT2D eigenvalue weighted by atomic mass is 32.2. The zero-order valence-electron chi connectivity index (χ0n) is 9.32. The van der Waals surface area contributed by atoms with Crippen LogP contribution in [-0.2, 0) is 10.0 Å². The lowest BCUT2D eigenvalue weighted by atomic mass is 10.2. The van der Waals surface area contributed by atoms with Crippen LogP contribution in [-0.4, -0.2) is 24.6 Å². The predicted octanol–water partition coefficient (Wildman–Crippen LogP) is 1.51. The van der Waals surface area contributed by atoms with E-state index in [0.717, 1.165) is 12.5 Å². The zero-order valence-corrected chi connectivity index (χ0v) is 10.1. The topological polar surface area (TPSA) is 102 Å². The van der Waals surface area contributed by atoms with Gasteiger partial charge in [0.25, 0.3) is 0 Å². The molecule has 1 aromatic carbocycles. The van der Waals surface area contributed by atoms with Crippen molar-refractivity contribution in [1.82, 2.24) is 4.98 Å². The van der Waals surface area contributed by atoms with Gasteiger partial charge in [-0.2, -0.15) is 0 Å². The van der Waals surface area contributed by atoms with Crippen molar-refractivity contribution in [2.45, 2.75) is 0 Å². The molecule has 1 aromatic heterocycles. The van der Waals surface area contributed by atoms with Crippen LogP contribution in [0.15, 0.2) is 30.5 Å². The number of para-hydroxylation sites is 1. The summed E-state index contributed by atoms with van der Waals surface area (Å²) in [5, 5.41) is 11.3. The van der Waals surface area contributed by atoms with Crippen LogP contribution in [0, 0.1) is 10.1 Å². The molecule has 2 aromatic rings. The van der Waals surface area contributed by atoms with E-state index < -0.39 is 14.9 Å². The van der Waals surface area contributed by atoms with Gasteiger partial charge in [0.05, 0.1) is 16.7 Å². The molecule has 0 saturated heterocycles. The average molecular weight is 267 g/mol. The third-order valence-corrected chi connectivity index (χ3v) is 2.81. The number of nitrogens with zero attached hydrogens (tertiary/aromatic N) is 2. The van der Waals surface area contributed by atoms with E-state index in [9.17, 15) is 18.5 Å². The molecule has 0 atom stereocenters. The van der Waals surface area contributed by atoms with E-state index in [4.69, 9.17) is 0 Å². The molecule has 1 heterocycles. The first kappa shape index (κ1) is 12.2. The molecule has 0 fully saturated rings. The first-order chi connectivity index (χ1) is 8.38. The number of pyridine rings is 1. The molecule has 0 amide bonds. The summed E-state index contributed by atoms with van der Waals surface area (Å²) in [6.45, 7) is 0. The van der Waals surface area contributed by atoms with Gasteiger partial charge in [0.1, 0.15) is 11.9 Å². The number of hydrogen-bond acceptors (Lipinski definition) is 5. The maximum Gasteiger partial charge on any atom is 0.312 e. The van der Waals surface area contributed by atoms with E-state index in [1.807, 2.05) is 0 Å². The Hall–Kier alpha value is -2.22. The second-order valence-corrected chi connectivity index (χ2v) is 5.42. The van der Waals surface area contributed by atoms with Crippen LogP contribution in [0.2, 0.25) is 0 Å². The van der Waals surface area contributed by atoms with Gasteiger partial charge >= 0.3 is 5.69 Å². The van der Waals surface area contributed by atoms with Crippen molar-refractivity contribution in [3.63, 3.8) is 0 Å². The Morgan fingerprint density at radius 2 is 2.00 bits per heavy atom. The molecule has 0 spiro atoms. The summed E-state index contributed by atoms with van der Waals surface area (Å²) in [6, 6.07) is 6.59. The van der Waals surface area contributed by atoms with E-state index in [1.54, 1.807) is 24.3 Å². The van der Waals surface area contributed by atoms with Gasteiger partial charge in [0.15, 0.2) is 0 Å². The molecule has 1 N–H and O–H groups in total. The maximum atomic E-state index is 11.3. The number of anilines is 1. The van der Waals surface area contributed by atoms with E-state index in [2.05, 4.69) is 9.71 Å². The molecule has 18 heavy (non-hydrogen) atoms. The molecule has 7 nitrogen and oxygen atoms in total. The lowest BCUT2D eigenvalue weighted by Gasteiger charge is -2.07. The maximum absolute atomic E-state index is 11.3. The highest BCUT2D eigenvalue weighted by Crippen LogP contribution is 2.31. The normalized spacial score (nSPS) is 11.4. The molecule has 8 heteroatoms. The second-order valence-electron chi connectivity index (χ2n) is 3.67. The molecule has 2 rings (SSSR count). The lowest BCUT2D eigenvalue weighted by Crippen LogP contribution is -2.11.